The summed E-state index contributed by atoms with van der Waals surface area (Å²) in [5.74, 6) is 2.11. The molecule has 1 unspecified atom stereocenters. The fraction of sp³-hybridized carbons (Fsp3) is 0.700. The lowest BCUT2D eigenvalue weighted by molar-refractivity contribution is 0.204. The Hall–Kier alpha value is -0.470. The molecule has 0 aliphatic rings. The van der Waals surface area contributed by atoms with Crippen LogP contribution < -0.4 is 0 Å². The minimum Gasteiger partial charge on any atom is -0.383 e. The van der Waals surface area contributed by atoms with Gasteiger partial charge >= 0.3 is 0 Å². The molecule has 0 spiro atoms. The Morgan fingerprint density at radius 3 is 1.95 bits per heavy atom. The molecule has 2 heteroatoms. The first-order chi connectivity index (χ1) is 10.8. The van der Waals surface area contributed by atoms with E-state index < -0.39 is 0 Å². The van der Waals surface area contributed by atoms with Crippen molar-refractivity contribution in [3.63, 3.8) is 0 Å². The van der Waals surface area contributed by atoms with Crippen molar-refractivity contribution in [1.82, 2.24) is 0 Å². The van der Waals surface area contributed by atoms with Crippen LogP contribution in [0.5, 0.6) is 0 Å². The van der Waals surface area contributed by atoms with Gasteiger partial charge in [0.1, 0.15) is 17.6 Å². The van der Waals surface area contributed by atoms with Gasteiger partial charge in [-0.2, -0.15) is 0 Å². The van der Waals surface area contributed by atoms with E-state index in [0.29, 0.717) is 0 Å². The van der Waals surface area contributed by atoms with Crippen LogP contribution in [0.15, 0.2) is 30.3 Å². The molecule has 1 N–H and O–H groups in total. The van der Waals surface area contributed by atoms with Crippen LogP contribution in [0.3, 0.4) is 0 Å². The van der Waals surface area contributed by atoms with Crippen LogP contribution in [-0.4, -0.2) is 16.6 Å². The van der Waals surface area contributed by atoms with Gasteiger partial charge in [0.25, 0.3) is 0 Å². The zero-order chi connectivity index (χ0) is 15.9. The van der Waals surface area contributed by atoms with Gasteiger partial charge in [-0.3, -0.25) is 0 Å². The summed E-state index contributed by atoms with van der Waals surface area (Å²) < 4.78 is 0. The lowest BCUT2D eigenvalue weighted by atomic mass is 10.1. The molecule has 0 saturated carbocycles. The van der Waals surface area contributed by atoms with E-state index in [-0.39, 0.29) is 6.10 Å². The highest BCUT2D eigenvalue weighted by atomic mass is 32.2. The minimum absolute atomic E-state index is 0.286. The highest BCUT2D eigenvalue weighted by Crippen LogP contribution is 2.13. The van der Waals surface area contributed by atoms with E-state index in [9.17, 15) is 5.11 Å². The Morgan fingerprint density at radius 1 is 0.818 bits per heavy atom. The van der Waals surface area contributed by atoms with Crippen molar-refractivity contribution in [2.45, 2.75) is 77.2 Å². The number of benzene rings is 1. The van der Waals surface area contributed by atoms with Crippen molar-refractivity contribution >= 4 is 11.8 Å². The van der Waals surface area contributed by atoms with Gasteiger partial charge in [-0.05, 0) is 30.2 Å². The fourth-order valence-corrected chi connectivity index (χ4v) is 3.79. The number of aliphatic hydroxyl groups is 1. The number of hydrogen-bond donors (Lipinski definition) is 1. The average molecular weight is 324 g/mol. The third-order valence-corrected chi connectivity index (χ3v) is 5.39. The van der Waals surface area contributed by atoms with Gasteiger partial charge < -0.3 is 5.11 Å². The Morgan fingerprint density at radius 2 is 1.36 bits per heavy atom. The van der Waals surface area contributed by atoms with Crippen LogP contribution in [0.2, 0.25) is 0 Å². The Bertz CT molecular complexity index is 339. The van der Waals surface area contributed by atoms with Crippen LogP contribution in [0.4, 0.5) is 0 Å². The molecule has 22 heavy (non-hydrogen) atoms. The van der Waals surface area contributed by atoms with Crippen LogP contribution in [-0.2, 0) is 11.8 Å². The molecule has 0 heterocycles. The smallest absolute Gasteiger partial charge is 0.135 e. The molecule has 0 fully saturated rings. The summed E-state index contributed by atoms with van der Waals surface area (Å²) in [6, 6.07) is 10.0. The van der Waals surface area contributed by atoms with Crippen LogP contribution >= 0.6 is 0 Å². The number of aliphatic hydroxyl groups excluding tert-OH is 1. The Balaban J connectivity index is 1.84. The molecule has 1 rings (SSSR count). The molecule has 0 saturated heterocycles. The van der Waals surface area contributed by atoms with Crippen molar-refractivity contribution in [3.05, 3.63) is 35.9 Å². The molecule has 0 radical (unpaired) electrons. The number of rotatable bonds is 14. The van der Waals surface area contributed by atoms with E-state index in [1.54, 1.807) is 0 Å². The van der Waals surface area contributed by atoms with Crippen molar-refractivity contribution in [3.8, 4) is 0 Å². The van der Waals surface area contributed by atoms with Gasteiger partial charge in [0.15, 0.2) is 0 Å². The fourth-order valence-electron chi connectivity index (χ4n) is 2.71. The quantitative estimate of drug-likeness (QED) is 0.274. The zero-order valence-corrected chi connectivity index (χ0v) is 15.2. The molecule has 1 nitrogen and oxygen atoms in total. The summed E-state index contributed by atoms with van der Waals surface area (Å²) >= 11 is 1.39. The van der Waals surface area contributed by atoms with E-state index in [1.807, 2.05) is 30.3 Å². The minimum atomic E-state index is -0.286. The second kappa shape index (κ2) is 14.1. The molecule has 1 aromatic rings. The molecule has 0 aromatic heterocycles. The van der Waals surface area contributed by atoms with Crippen LogP contribution in [0.1, 0.15) is 82.8 Å². The summed E-state index contributed by atoms with van der Waals surface area (Å²) in [5.41, 5.74) is 1.05. The van der Waals surface area contributed by atoms with E-state index in [0.717, 1.165) is 11.3 Å². The second-order valence-electron chi connectivity index (χ2n) is 6.24. The lowest BCUT2D eigenvalue weighted by Gasteiger charge is -2.06. The summed E-state index contributed by atoms with van der Waals surface area (Å²) in [6.45, 7) is 2.28. The summed E-state index contributed by atoms with van der Waals surface area (Å²) in [5, 5.41) is 10.1. The topological polar surface area (TPSA) is 20.2 Å². The van der Waals surface area contributed by atoms with Gasteiger partial charge in [-0.15, -0.1) is 0 Å². The first kappa shape index (κ1) is 19.6. The van der Waals surface area contributed by atoms with Crippen LogP contribution in [0, 0.1) is 0 Å². The predicted octanol–water partition coefficient (Wildman–Crippen LogP) is 5.46. The lowest BCUT2D eigenvalue weighted by Crippen LogP contribution is -2.07. The standard InChI is InChI=1S/C20H34OS/c1-2-3-4-5-6-7-8-9-10-14-17-22-18-20(21)19-15-12-11-13-16-19/h11-13,15-16,20-21H,2-10,14,17-18H2,1H3/p+1. The van der Waals surface area contributed by atoms with Gasteiger partial charge in [-0.25, -0.2) is 0 Å². The van der Waals surface area contributed by atoms with E-state index in [2.05, 4.69) is 6.92 Å². The Kier molecular flexibility index (Phi) is 12.6. The van der Waals surface area contributed by atoms with Gasteiger partial charge in [0.2, 0.25) is 0 Å². The van der Waals surface area contributed by atoms with E-state index >= 15 is 0 Å². The number of unbranched alkanes of at least 4 members (excludes halogenated alkanes) is 9. The van der Waals surface area contributed by atoms with Crippen molar-refractivity contribution in [2.24, 2.45) is 0 Å². The van der Waals surface area contributed by atoms with Crippen molar-refractivity contribution in [1.29, 1.82) is 0 Å². The largest absolute Gasteiger partial charge is 0.383 e. The third-order valence-electron chi connectivity index (χ3n) is 4.16. The maximum Gasteiger partial charge on any atom is 0.135 e. The molecule has 0 aliphatic carbocycles. The molecule has 0 aliphatic heterocycles. The molecular formula is C20H35OS+. The average Bonchev–Trinajstić information content (AvgIpc) is 2.56. The highest BCUT2D eigenvalue weighted by molar-refractivity contribution is 7.78. The summed E-state index contributed by atoms with van der Waals surface area (Å²) in [7, 11) is 0. The van der Waals surface area contributed by atoms with Gasteiger partial charge in [-0.1, -0.05) is 88.6 Å². The SMILES string of the molecule is CCCCCCCCCCCC[SH+]CC(O)c1ccccc1. The number of hydrogen-bond acceptors (Lipinski definition) is 1. The van der Waals surface area contributed by atoms with E-state index in [1.165, 1.54) is 81.7 Å². The first-order valence-corrected chi connectivity index (χ1v) is 10.5. The highest BCUT2D eigenvalue weighted by Gasteiger charge is 2.11. The zero-order valence-electron chi connectivity index (χ0n) is 14.3. The van der Waals surface area contributed by atoms with Gasteiger partial charge in [0.05, 0.1) is 0 Å². The molecule has 126 valence electrons. The molecule has 0 amide bonds. The van der Waals surface area contributed by atoms with Crippen molar-refractivity contribution < 1.29 is 5.11 Å². The van der Waals surface area contributed by atoms with Crippen LogP contribution in [0.25, 0.3) is 0 Å². The summed E-state index contributed by atoms with van der Waals surface area (Å²) in [6.07, 6.45) is 13.7. The molecule has 1 atom stereocenters. The third kappa shape index (κ3) is 10.3. The molecular weight excluding hydrogens is 288 g/mol. The molecule has 0 bridgehead atoms. The number of thiol groups is 1. The Labute approximate surface area is 141 Å². The monoisotopic (exact) mass is 323 g/mol. The van der Waals surface area contributed by atoms with Gasteiger partial charge in [0, 0.05) is 0 Å². The predicted molar refractivity (Wildman–Crippen MR) is 102 cm³/mol. The molecule has 1 aromatic carbocycles. The van der Waals surface area contributed by atoms with E-state index in [4.69, 9.17) is 0 Å². The maximum absolute atomic E-state index is 10.1. The normalized spacial score (nSPS) is 12.5. The second-order valence-corrected chi connectivity index (χ2v) is 7.50. The maximum atomic E-state index is 10.1. The first-order valence-electron chi connectivity index (χ1n) is 9.21. The van der Waals surface area contributed by atoms with Crippen molar-refractivity contribution in [2.75, 3.05) is 11.5 Å². The summed E-state index contributed by atoms with van der Waals surface area (Å²) in [4.78, 5) is 0.